The maximum absolute atomic E-state index is 12.8. The van der Waals surface area contributed by atoms with E-state index in [0.717, 1.165) is 22.0 Å². The number of rotatable bonds is 5. The molecule has 4 rings (SSSR count). The third kappa shape index (κ3) is 3.89. The number of nitrogens with zero attached hydrogens (tertiary/aromatic N) is 3. The molecule has 0 fully saturated rings. The molecule has 0 amide bonds. The Labute approximate surface area is 182 Å². The van der Waals surface area contributed by atoms with Gasteiger partial charge in [0.1, 0.15) is 5.69 Å². The maximum Gasteiger partial charge on any atom is 0.242 e. The Balaban J connectivity index is 1.87. The van der Waals surface area contributed by atoms with Crippen LogP contribution >= 0.6 is 0 Å². The van der Waals surface area contributed by atoms with Gasteiger partial charge in [0.15, 0.2) is 5.82 Å². The fraction of sp³-hybridized carbons (Fsp3) is 0.167. The summed E-state index contributed by atoms with van der Waals surface area (Å²) in [7, 11) is -0.511. The summed E-state index contributed by atoms with van der Waals surface area (Å²) in [6.07, 6.45) is 0. The van der Waals surface area contributed by atoms with E-state index >= 15 is 0 Å². The van der Waals surface area contributed by atoms with Crippen LogP contribution in [0.4, 0.5) is 11.5 Å². The van der Waals surface area contributed by atoms with Gasteiger partial charge in [0.25, 0.3) is 0 Å². The molecule has 7 heteroatoms. The minimum Gasteiger partial charge on any atom is -0.338 e. The maximum atomic E-state index is 12.8. The summed E-state index contributed by atoms with van der Waals surface area (Å²) in [5, 5.41) is 14.1. The molecule has 1 aromatic heterocycles. The van der Waals surface area contributed by atoms with E-state index < -0.39 is 10.0 Å². The second-order valence-electron chi connectivity index (χ2n) is 7.65. The predicted molar refractivity (Wildman–Crippen MR) is 125 cm³/mol. The SMILES string of the molecule is Cc1ccccc1Nc1nnc(-c2ccc(C)c(S(=O)(=O)N(C)C)c2)c2ccccc12. The van der Waals surface area contributed by atoms with E-state index in [1.807, 2.05) is 67.6 Å². The molecule has 158 valence electrons. The van der Waals surface area contributed by atoms with Crippen molar-refractivity contribution in [3.63, 3.8) is 0 Å². The molecule has 6 nitrogen and oxygen atoms in total. The molecule has 0 aliphatic heterocycles. The van der Waals surface area contributed by atoms with Crippen molar-refractivity contribution >= 4 is 32.3 Å². The van der Waals surface area contributed by atoms with Gasteiger partial charge >= 0.3 is 0 Å². The lowest BCUT2D eigenvalue weighted by molar-refractivity contribution is 0.520. The lowest BCUT2D eigenvalue weighted by Gasteiger charge is -2.16. The first-order chi connectivity index (χ1) is 14.8. The van der Waals surface area contributed by atoms with Crippen LogP contribution in [-0.4, -0.2) is 37.0 Å². The number of hydrogen-bond donors (Lipinski definition) is 1. The van der Waals surface area contributed by atoms with Crippen LogP contribution in [-0.2, 0) is 10.0 Å². The second-order valence-corrected chi connectivity index (χ2v) is 9.77. The molecule has 0 bridgehead atoms. The average molecular weight is 433 g/mol. The van der Waals surface area contributed by atoms with E-state index in [2.05, 4.69) is 15.5 Å². The van der Waals surface area contributed by atoms with Crippen molar-refractivity contribution in [1.82, 2.24) is 14.5 Å². The van der Waals surface area contributed by atoms with Crippen molar-refractivity contribution in [2.75, 3.05) is 19.4 Å². The number of nitrogens with one attached hydrogen (secondary N) is 1. The van der Waals surface area contributed by atoms with Crippen LogP contribution in [0.1, 0.15) is 11.1 Å². The Morgan fingerprint density at radius 3 is 2.19 bits per heavy atom. The van der Waals surface area contributed by atoms with Crippen molar-refractivity contribution in [1.29, 1.82) is 0 Å². The first-order valence-corrected chi connectivity index (χ1v) is 11.3. The van der Waals surface area contributed by atoms with Crippen LogP contribution in [0.25, 0.3) is 22.0 Å². The molecular weight excluding hydrogens is 408 g/mol. The molecule has 4 aromatic rings. The number of sulfonamides is 1. The first-order valence-electron chi connectivity index (χ1n) is 9.90. The largest absolute Gasteiger partial charge is 0.338 e. The van der Waals surface area contributed by atoms with E-state index in [-0.39, 0.29) is 4.90 Å². The number of benzene rings is 3. The molecule has 0 aliphatic carbocycles. The highest BCUT2D eigenvalue weighted by atomic mass is 32.2. The first kappa shape index (κ1) is 21.0. The van der Waals surface area contributed by atoms with E-state index in [9.17, 15) is 8.42 Å². The van der Waals surface area contributed by atoms with E-state index in [1.54, 1.807) is 13.0 Å². The summed E-state index contributed by atoms with van der Waals surface area (Å²) < 4.78 is 26.8. The van der Waals surface area contributed by atoms with Gasteiger partial charge in [-0.3, -0.25) is 0 Å². The normalized spacial score (nSPS) is 11.8. The average Bonchev–Trinajstić information content (AvgIpc) is 2.76. The predicted octanol–water partition coefficient (Wildman–Crippen LogP) is 4.91. The second kappa shape index (κ2) is 8.09. The van der Waals surface area contributed by atoms with Crippen LogP contribution < -0.4 is 5.32 Å². The molecule has 0 atom stereocenters. The van der Waals surface area contributed by atoms with Crippen LogP contribution in [0.2, 0.25) is 0 Å². The van der Waals surface area contributed by atoms with Crippen LogP contribution in [0.3, 0.4) is 0 Å². The number of aromatic nitrogens is 2. The van der Waals surface area contributed by atoms with Crippen LogP contribution in [0.5, 0.6) is 0 Å². The zero-order valence-corrected chi connectivity index (χ0v) is 18.7. The highest BCUT2D eigenvalue weighted by molar-refractivity contribution is 7.89. The monoisotopic (exact) mass is 432 g/mol. The molecule has 0 saturated heterocycles. The highest BCUT2D eigenvalue weighted by Crippen LogP contribution is 2.33. The Morgan fingerprint density at radius 2 is 1.48 bits per heavy atom. The van der Waals surface area contributed by atoms with Gasteiger partial charge in [-0.2, -0.15) is 0 Å². The van der Waals surface area contributed by atoms with Gasteiger partial charge in [-0.15, -0.1) is 10.2 Å². The molecule has 0 saturated carbocycles. The molecule has 0 aliphatic rings. The lowest BCUT2D eigenvalue weighted by Crippen LogP contribution is -2.23. The molecule has 0 spiro atoms. The molecule has 0 unspecified atom stereocenters. The van der Waals surface area contributed by atoms with Gasteiger partial charge in [-0.25, -0.2) is 12.7 Å². The molecule has 0 radical (unpaired) electrons. The number of para-hydroxylation sites is 1. The van der Waals surface area contributed by atoms with Gasteiger partial charge in [0.2, 0.25) is 10.0 Å². The number of anilines is 2. The number of fused-ring (bicyclic) bond motifs is 1. The summed E-state index contributed by atoms with van der Waals surface area (Å²) in [5.41, 5.74) is 4.10. The van der Waals surface area contributed by atoms with E-state index in [0.29, 0.717) is 22.6 Å². The summed E-state index contributed by atoms with van der Waals surface area (Å²) in [4.78, 5) is 0.267. The fourth-order valence-electron chi connectivity index (χ4n) is 3.47. The van der Waals surface area contributed by atoms with E-state index in [1.165, 1.54) is 18.4 Å². The Kier molecular flexibility index (Phi) is 5.47. The zero-order chi connectivity index (χ0) is 22.2. The van der Waals surface area contributed by atoms with Crippen molar-refractivity contribution in [2.45, 2.75) is 18.7 Å². The molecule has 31 heavy (non-hydrogen) atoms. The topological polar surface area (TPSA) is 75.2 Å². The van der Waals surface area contributed by atoms with Crippen molar-refractivity contribution in [3.05, 3.63) is 77.9 Å². The zero-order valence-electron chi connectivity index (χ0n) is 17.9. The van der Waals surface area contributed by atoms with Gasteiger partial charge in [0, 0.05) is 36.1 Å². The Hall–Kier alpha value is -3.29. The van der Waals surface area contributed by atoms with Crippen molar-refractivity contribution in [2.24, 2.45) is 0 Å². The lowest BCUT2D eigenvalue weighted by atomic mass is 10.0. The highest BCUT2D eigenvalue weighted by Gasteiger charge is 2.21. The molecule has 3 aromatic carbocycles. The standard InChI is InChI=1S/C24H24N4O2S/c1-16-9-5-8-12-21(16)25-24-20-11-7-6-10-19(20)23(26-27-24)18-14-13-17(2)22(15-18)31(29,30)28(3)4/h5-15H,1-4H3,(H,25,27). The van der Waals surface area contributed by atoms with Crippen molar-refractivity contribution in [3.8, 4) is 11.3 Å². The number of aryl methyl sites for hydroxylation is 2. The molecule has 1 N–H and O–H groups in total. The smallest absolute Gasteiger partial charge is 0.242 e. The molecule has 1 heterocycles. The molecular formula is C24H24N4O2S. The van der Waals surface area contributed by atoms with Crippen LogP contribution in [0, 0.1) is 13.8 Å². The van der Waals surface area contributed by atoms with Gasteiger partial charge < -0.3 is 5.32 Å². The van der Waals surface area contributed by atoms with Crippen LogP contribution in [0.15, 0.2) is 71.6 Å². The Bertz CT molecular complexity index is 1380. The summed E-state index contributed by atoms with van der Waals surface area (Å²) in [6, 6.07) is 21.2. The quantitative estimate of drug-likeness (QED) is 0.485. The van der Waals surface area contributed by atoms with Gasteiger partial charge in [-0.05, 0) is 37.1 Å². The number of hydrogen-bond acceptors (Lipinski definition) is 5. The fourth-order valence-corrected chi connectivity index (χ4v) is 4.62. The minimum atomic E-state index is -3.57. The summed E-state index contributed by atoms with van der Waals surface area (Å²) in [5.74, 6) is 0.655. The minimum absolute atomic E-state index is 0.267. The Morgan fingerprint density at radius 1 is 0.806 bits per heavy atom. The summed E-state index contributed by atoms with van der Waals surface area (Å²) >= 11 is 0. The van der Waals surface area contributed by atoms with E-state index in [4.69, 9.17) is 0 Å². The van der Waals surface area contributed by atoms with Gasteiger partial charge in [0.05, 0.1) is 4.90 Å². The van der Waals surface area contributed by atoms with Crippen molar-refractivity contribution < 1.29 is 8.42 Å². The van der Waals surface area contributed by atoms with Gasteiger partial charge in [-0.1, -0.05) is 54.6 Å². The summed E-state index contributed by atoms with van der Waals surface area (Å²) in [6.45, 7) is 3.82. The third-order valence-electron chi connectivity index (χ3n) is 5.31. The third-order valence-corrected chi connectivity index (χ3v) is 7.26.